The van der Waals surface area contributed by atoms with E-state index in [2.05, 4.69) is 6.92 Å². The summed E-state index contributed by atoms with van der Waals surface area (Å²) in [5.74, 6) is 0.895. The zero-order valence-electron chi connectivity index (χ0n) is 8.75. The van der Waals surface area contributed by atoms with Gasteiger partial charge in [-0.05, 0) is 36.0 Å². The lowest BCUT2D eigenvalue weighted by molar-refractivity contribution is 0.356. The van der Waals surface area contributed by atoms with Crippen LogP contribution in [0.5, 0.6) is 5.75 Å². The minimum atomic E-state index is 0.457. The van der Waals surface area contributed by atoms with Crippen molar-refractivity contribution in [3.63, 3.8) is 0 Å². The molecule has 2 nitrogen and oxygen atoms in total. The van der Waals surface area contributed by atoms with Gasteiger partial charge in [0, 0.05) is 8.81 Å². The van der Waals surface area contributed by atoms with Crippen molar-refractivity contribution in [2.75, 3.05) is 13.7 Å². The van der Waals surface area contributed by atoms with Crippen LogP contribution in [0.4, 0.5) is 0 Å². The van der Waals surface area contributed by atoms with Gasteiger partial charge in [0.1, 0.15) is 5.75 Å². The second-order valence-corrected chi connectivity index (χ2v) is 4.10. The van der Waals surface area contributed by atoms with E-state index in [0.717, 1.165) is 18.8 Å². The van der Waals surface area contributed by atoms with Gasteiger partial charge in [-0.3, -0.25) is 0 Å². The van der Waals surface area contributed by atoms with Crippen molar-refractivity contribution in [1.29, 1.82) is 0 Å². The number of ether oxygens (including phenoxy) is 1. The number of benzene rings is 1. The largest absolute Gasteiger partial charge is 0.497 e. The van der Waals surface area contributed by atoms with Crippen LogP contribution in [0, 0.1) is 0 Å². The highest BCUT2D eigenvalue weighted by Gasteiger charge is 1.94. The SMILES string of the molecule is CCCCOPc1ccc(OC)cc1. The van der Waals surface area contributed by atoms with Crippen molar-refractivity contribution in [3.05, 3.63) is 24.3 Å². The highest BCUT2D eigenvalue weighted by molar-refractivity contribution is 7.41. The monoisotopic (exact) mass is 212 g/mol. The van der Waals surface area contributed by atoms with Gasteiger partial charge in [0.05, 0.1) is 13.7 Å². The quantitative estimate of drug-likeness (QED) is 0.533. The summed E-state index contributed by atoms with van der Waals surface area (Å²) in [5, 5.41) is 1.22. The van der Waals surface area contributed by atoms with Gasteiger partial charge in [0.15, 0.2) is 0 Å². The third kappa shape index (κ3) is 4.08. The molecule has 1 rings (SSSR count). The Kier molecular flexibility index (Phi) is 5.58. The summed E-state index contributed by atoms with van der Waals surface area (Å²) in [6.07, 6.45) is 2.33. The van der Waals surface area contributed by atoms with Crippen molar-refractivity contribution in [2.45, 2.75) is 19.8 Å². The molecule has 0 saturated carbocycles. The zero-order valence-corrected chi connectivity index (χ0v) is 9.75. The second kappa shape index (κ2) is 6.80. The summed E-state index contributed by atoms with van der Waals surface area (Å²) in [5.41, 5.74) is 0. The molecule has 0 bridgehead atoms. The molecule has 0 heterocycles. The van der Waals surface area contributed by atoms with E-state index in [4.69, 9.17) is 9.26 Å². The molecule has 0 saturated heterocycles. The van der Waals surface area contributed by atoms with Gasteiger partial charge >= 0.3 is 0 Å². The van der Waals surface area contributed by atoms with Crippen molar-refractivity contribution in [2.24, 2.45) is 0 Å². The number of rotatable bonds is 6. The summed E-state index contributed by atoms with van der Waals surface area (Å²) < 4.78 is 10.6. The van der Waals surface area contributed by atoms with Crippen LogP contribution < -0.4 is 10.0 Å². The van der Waals surface area contributed by atoms with E-state index in [9.17, 15) is 0 Å². The molecular formula is C11H17O2P. The van der Waals surface area contributed by atoms with E-state index in [1.54, 1.807) is 7.11 Å². The Hall–Kier alpha value is -0.590. The Balaban J connectivity index is 2.29. The third-order valence-electron chi connectivity index (χ3n) is 1.88. The van der Waals surface area contributed by atoms with Crippen LogP contribution in [0.15, 0.2) is 24.3 Å². The third-order valence-corrected chi connectivity index (χ3v) is 2.80. The average molecular weight is 212 g/mol. The molecule has 1 unspecified atom stereocenters. The van der Waals surface area contributed by atoms with Gasteiger partial charge in [-0.15, -0.1) is 0 Å². The van der Waals surface area contributed by atoms with Crippen LogP contribution in [-0.4, -0.2) is 13.7 Å². The summed E-state index contributed by atoms with van der Waals surface area (Å²) in [6.45, 7) is 3.03. The minimum absolute atomic E-state index is 0.457. The maximum atomic E-state index is 5.52. The predicted octanol–water partition coefficient (Wildman–Crippen LogP) is 2.73. The van der Waals surface area contributed by atoms with Gasteiger partial charge in [-0.2, -0.15) is 0 Å². The van der Waals surface area contributed by atoms with E-state index >= 15 is 0 Å². The molecular weight excluding hydrogens is 195 g/mol. The first kappa shape index (κ1) is 11.5. The van der Waals surface area contributed by atoms with Crippen LogP contribution in [0.2, 0.25) is 0 Å². The number of unbranched alkanes of at least 4 members (excludes halogenated alkanes) is 1. The molecule has 0 radical (unpaired) electrons. The molecule has 0 amide bonds. The summed E-state index contributed by atoms with van der Waals surface area (Å²) in [4.78, 5) is 0. The lowest BCUT2D eigenvalue weighted by Crippen LogP contribution is -1.96. The van der Waals surface area contributed by atoms with Gasteiger partial charge in [0.2, 0.25) is 0 Å². The number of methoxy groups -OCH3 is 1. The van der Waals surface area contributed by atoms with Crippen LogP contribution in [-0.2, 0) is 4.52 Å². The predicted molar refractivity (Wildman–Crippen MR) is 61.8 cm³/mol. The summed E-state index contributed by atoms with van der Waals surface area (Å²) in [7, 11) is 2.13. The maximum absolute atomic E-state index is 5.52. The maximum Gasteiger partial charge on any atom is 0.118 e. The number of hydrogen-bond acceptors (Lipinski definition) is 2. The molecule has 3 heteroatoms. The number of hydrogen-bond donors (Lipinski definition) is 0. The summed E-state index contributed by atoms with van der Waals surface area (Å²) >= 11 is 0. The molecule has 14 heavy (non-hydrogen) atoms. The molecule has 0 aliphatic heterocycles. The Morgan fingerprint density at radius 1 is 1.21 bits per heavy atom. The molecule has 0 aliphatic rings. The Bertz CT molecular complexity index is 246. The van der Waals surface area contributed by atoms with Crippen LogP contribution in [0.25, 0.3) is 0 Å². The van der Waals surface area contributed by atoms with Crippen LogP contribution >= 0.6 is 8.81 Å². The van der Waals surface area contributed by atoms with Crippen molar-refractivity contribution in [3.8, 4) is 5.75 Å². The molecule has 0 N–H and O–H groups in total. The molecule has 0 spiro atoms. The normalized spacial score (nSPS) is 11.0. The van der Waals surface area contributed by atoms with E-state index in [0.29, 0.717) is 8.81 Å². The average Bonchev–Trinajstić information content (AvgIpc) is 2.25. The minimum Gasteiger partial charge on any atom is -0.497 e. The lowest BCUT2D eigenvalue weighted by Gasteiger charge is -2.04. The fourth-order valence-electron chi connectivity index (χ4n) is 1.01. The Morgan fingerprint density at radius 3 is 2.50 bits per heavy atom. The van der Waals surface area contributed by atoms with Crippen molar-refractivity contribution in [1.82, 2.24) is 0 Å². The van der Waals surface area contributed by atoms with E-state index in [1.165, 1.54) is 11.7 Å². The zero-order chi connectivity index (χ0) is 10.2. The van der Waals surface area contributed by atoms with Gasteiger partial charge in [-0.1, -0.05) is 13.3 Å². The van der Waals surface area contributed by atoms with Crippen LogP contribution in [0.3, 0.4) is 0 Å². The molecule has 1 aromatic carbocycles. The topological polar surface area (TPSA) is 18.5 Å². The Morgan fingerprint density at radius 2 is 1.93 bits per heavy atom. The standard InChI is InChI=1S/C11H17O2P/c1-3-4-9-13-14-11-7-5-10(12-2)6-8-11/h5-8,14H,3-4,9H2,1-2H3. The second-order valence-electron chi connectivity index (χ2n) is 3.03. The van der Waals surface area contributed by atoms with Crippen molar-refractivity contribution < 1.29 is 9.26 Å². The summed E-state index contributed by atoms with van der Waals surface area (Å²) in [6, 6.07) is 8.02. The highest BCUT2D eigenvalue weighted by Crippen LogP contribution is 2.15. The highest BCUT2D eigenvalue weighted by atomic mass is 31.1. The first-order valence-electron chi connectivity index (χ1n) is 4.88. The van der Waals surface area contributed by atoms with Crippen molar-refractivity contribution >= 4 is 14.1 Å². The molecule has 78 valence electrons. The van der Waals surface area contributed by atoms with E-state index in [-0.39, 0.29) is 0 Å². The first-order chi connectivity index (χ1) is 6.86. The fraction of sp³-hybridized carbons (Fsp3) is 0.455. The van der Waals surface area contributed by atoms with E-state index < -0.39 is 0 Å². The Labute approximate surface area is 87.5 Å². The first-order valence-corrected chi connectivity index (χ1v) is 5.79. The molecule has 0 fully saturated rings. The smallest absolute Gasteiger partial charge is 0.118 e. The van der Waals surface area contributed by atoms with Gasteiger partial charge in [0.25, 0.3) is 0 Å². The fourth-order valence-corrected chi connectivity index (χ4v) is 1.73. The van der Waals surface area contributed by atoms with Crippen LogP contribution in [0.1, 0.15) is 19.8 Å². The molecule has 1 atom stereocenters. The molecule has 0 aliphatic carbocycles. The van der Waals surface area contributed by atoms with Gasteiger partial charge < -0.3 is 9.26 Å². The molecule has 0 aromatic heterocycles. The van der Waals surface area contributed by atoms with E-state index in [1.807, 2.05) is 24.3 Å². The van der Waals surface area contributed by atoms with Gasteiger partial charge in [-0.25, -0.2) is 0 Å². The molecule has 1 aromatic rings. The lowest BCUT2D eigenvalue weighted by atomic mass is 10.3.